The van der Waals surface area contributed by atoms with Crippen molar-refractivity contribution in [2.24, 2.45) is 0 Å². The zero-order valence-corrected chi connectivity index (χ0v) is 11.9. The van der Waals surface area contributed by atoms with E-state index in [4.69, 9.17) is 9.79 Å². The molecule has 6 heteroatoms. The van der Waals surface area contributed by atoms with Gasteiger partial charge in [0.1, 0.15) is 0 Å². The second kappa shape index (κ2) is 7.96. The minimum Gasteiger partial charge on any atom is -0.324 e. The van der Waals surface area contributed by atoms with Gasteiger partial charge in [0.25, 0.3) is 0 Å². The molecular formula is C10H17BrNO3P. The highest BCUT2D eigenvalue weighted by Crippen LogP contribution is 2.38. The van der Waals surface area contributed by atoms with Gasteiger partial charge in [0.15, 0.2) is 0 Å². The summed E-state index contributed by atoms with van der Waals surface area (Å²) in [5, 5.41) is 0. The SMILES string of the molecule is CCCC.O=P(O)(O)Cc1ccc(Br)cn1. The van der Waals surface area contributed by atoms with Crippen LogP contribution in [0.15, 0.2) is 22.8 Å². The number of nitrogens with zero attached hydrogens (tertiary/aromatic N) is 1. The largest absolute Gasteiger partial charge is 0.331 e. The number of halogens is 1. The van der Waals surface area contributed by atoms with E-state index in [1.54, 1.807) is 12.1 Å². The Balaban J connectivity index is 0.000000487. The first kappa shape index (κ1) is 15.8. The Morgan fingerprint density at radius 1 is 1.31 bits per heavy atom. The van der Waals surface area contributed by atoms with Crippen molar-refractivity contribution < 1.29 is 14.4 Å². The van der Waals surface area contributed by atoms with Gasteiger partial charge in [-0.05, 0) is 28.1 Å². The Hall–Kier alpha value is -0.220. The fourth-order valence-electron chi connectivity index (χ4n) is 0.711. The molecule has 0 bridgehead atoms. The molecule has 0 aliphatic heterocycles. The maximum atomic E-state index is 10.5. The highest BCUT2D eigenvalue weighted by molar-refractivity contribution is 9.10. The average molecular weight is 310 g/mol. The zero-order valence-electron chi connectivity index (χ0n) is 9.43. The average Bonchev–Trinajstić information content (AvgIpc) is 2.20. The van der Waals surface area contributed by atoms with Gasteiger partial charge in [-0.3, -0.25) is 9.55 Å². The molecule has 16 heavy (non-hydrogen) atoms. The van der Waals surface area contributed by atoms with Crippen molar-refractivity contribution in [2.45, 2.75) is 32.9 Å². The Bertz CT molecular complexity index is 334. The molecule has 0 unspecified atom stereocenters. The fraction of sp³-hybridized carbons (Fsp3) is 0.500. The van der Waals surface area contributed by atoms with E-state index >= 15 is 0 Å². The van der Waals surface area contributed by atoms with Crippen LogP contribution in [0.4, 0.5) is 0 Å². The minimum absolute atomic E-state index is 0.305. The lowest BCUT2D eigenvalue weighted by molar-refractivity contribution is 0.371. The van der Waals surface area contributed by atoms with E-state index in [9.17, 15) is 4.57 Å². The molecule has 0 radical (unpaired) electrons. The molecule has 1 rings (SSSR count). The summed E-state index contributed by atoms with van der Waals surface area (Å²) in [6, 6.07) is 3.27. The van der Waals surface area contributed by atoms with Crippen molar-refractivity contribution in [3.05, 3.63) is 28.5 Å². The molecule has 0 aliphatic carbocycles. The molecule has 0 spiro atoms. The van der Waals surface area contributed by atoms with E-state index in [1.165, 1.54) is 19.0 Å². The molecule has 4 nitrogen and oxygen atoms in total. The standard InChI is InChI=1S/C6H7BrNO3P.C4H10/c7-5-1-2-6(8-3-5)4-12(9,10)11;1-3-4-2/h1-3H,4H2,(H2,9,10,11);3-4H2,1-2H3. The summed E-state index contributed by atoms with van der Waals surface area (Å²) >= 11 is 3.17. The Morgan fingerprint density at radius 2 is 1.88 bits per heavy atom. The van der Waals surface area contributed by atoms with Crippen LogP contribution in [0.5, 0.6) is 0 Å². The molecule has 0 aromatic carbocycles. The number of rotatable bonds is 3. The summed E-state index contributed by atoms with van der Waals surface area (Å²) in [7, 11) is -3.98. The van der Waals surface area contributed by atoms with Gasteiger partial charge in [-0.25, -0.2) is 0 Å². The summed E-state index contributed by atoms with van der Waals surface area (Å²) in [5.74, 6) is 0. The van der Waals surface area contributed by atoms with Gasteiger partial charge in [-0.1, -0.05) is 26.7 Å². The highest BCUT2D eigenvalue weighted by Gasteiger charge is 2.14. The first-order valence-corrected chi connectivity index (χ1v) is 7.63. The summed E-state index contributed by atoms with van der Waals surface area (Å²) in [4.78, 5) is 21.0. The number of hydrogen-bond donors (Lipinski definition) is 2. The predicted molar refractivity (Wildman–Crippen MR) is 68.3 cm³/mol. The molecule has 1 heterocycles. The molecule has 0 atom stereocenters. The molecule has 1 aromatic heterocycles. The van der Waals surface area contributed by atoms with E-state index in [2.05, 4.69) is 34.8 Å². The molecule has 1 aromatic rings. The lowest BCUT2D eigenvalue weighted by atomic mass is 10.4. The number of unbranched alkanes of at least 4 members (excludes halogenated alkanes) is 1. The number of aromatic nitrogens is 1. The third kappa shape index (κ3) is 9.04. The first-order valence-electron chi connectivity index (χ1n) is 5.04. The van der Waals surface area contributed by atoms with Crippen LogP contribution < -0.4 is 0 Å². The Labute approximate surface area is 104 Å². The third-order valence-electron chi connectivity index (χ3n) is 1.66. The van der Waals surface area contributed by atoms with Crippen molar-refractivity contribution in [3.8, 4) is 0 Å². The van der Waals surface area contributed by atoms with Crippen LogP contribution in [0.3, 0.4) is 0 Å². The van der Waals surface area contributed by atoms with Crippen LogP contribution >= 0.6 is 23.5 Å². The van der Waals surface area contributed by atoms with Crippen LogP contribution in [0, 0.1) is 0 Å². The normalized spacial score (nSPS) is 10.6. The van der Waals surface area contributed by atoms with Crippen molar-refractivity contribution in [1.82, 2.24) is 4.98 Å². The van der Waals surface area contributed by atoms with Crippen LogP contribution in [0.25, 0.3) is 0 Å². The van der Waals surface area contributed by atoms with Crippen molar-refractivity contribution >= 4 is 23.5 Å². The zero-order chi connectivity index (χ0) is 12.6. The first-order chi connectivity index (χ1) is 7.39. The quantitative estimate of drug-likeness (QED) is 0.840. The van der Waals surface area contributed by atoms with Gasteiger partial charge in [-0.2, -0.15) is 0 Å². The molecule has 0 amide bonds. The van der Waals surface area contributed by atoms with E-state index in [-0.39, 0.29) is 6.16 Å². The van der Waals surface area contributed by atoms with Crippen LogP contribution in [0.2, 0.25) is 0 Å². The second-order valence-electron chi connectivity index (χ2n) is 3.29. The molecule has 92 valence electrons. The van der Waals surface area contributed by atoms with E-state index < -0.39 is 7.60 Å². The van der Waals surface area contributed by atoms with Crippen LogP contribution in [-0.2, 0) is 10.7 Å². The van der Waals surface area contributed by atoms with E-state index in [0.29, 0.717) is 5.69 Å². The topological polar surface area (TPSA) is 70.4 Å². The van der Waals surface area contributed by atoms with Gasteiger partial charge in [0, 0.05) is 10.7 Å². The summed E-state index contributed by atoms with van der Waals surface area (Å²) in [5.41, 5.74) is 0.395. The van der Waals surface area contributed by atoms with Gasteiger partial charge < -0.3 is 9.79 Å². The predicted octanol–water partition coefficient (Wildman–Crippen LogP) is 3.33. The minimum atomic E-state index is -3.98. The summed E-state index contributed by atoms with van der Waals surface area (Å²) in [6.45, 7) is 4.36. The molecular weight excluding hydrogens is 293 g/mol. The van der Waals surface area contributed by atoms with E-state index in [0.717, 1.165) is 4.47 Å². The lowest BCUT2D eigenvalue weighted by Crippen LogP contribution is -1.89. The van der Waals surface area contributed by atoms with Crippen molar-refractivity contribution in [3.63, 3.8) is 0 Å². The second-order valence-corrected chi connectivity index (χ2v) is 5.85. The maximum Gasteiger partial charge on any atom is 0.331 e. The number of pyridine rings is 1. The maximum absolute atomic E-state index is 10.5. The fourth-order valence-corrected chi connectivity index (χ4v) is 1.55. The molecule has 0 saturated carbocycles. The van der Waals surface area contributed by atoms with Crippen LogP contribution in [-0.4, -0.2) is 14.8 Å². The van der Waals surface area contributed by atoms with Gasteiger partial charge >= 0.3 is 7.60 Å². The molecule has 0 fully saturated rings. The van der Waals surface area contributed by atoms with Crippen LogP contribution in [0.1, 0.15) is 32.4 Å². The van der Waals surface area contributed by atoms with Gasteiger partial charge in [-0.15, -0.1) is 0 Å². The molecule has 2 N–H and O–H groups in total. The summed E-state index contributed by atoms with van der Waals surface area (Å²) < 4.78 is 11.3. The monoisotopic (exact) mass is 309 g/mol. The van der Waals surface area contributed by atoms with Gasteiger partial charge in [0.05, 0.1) is 11.9 Å². The molecule has 0 aliphatic rings. The smallest absolute Gasteiger partial charge is 0.324 e. The highest BCUT2D eigenvalue weighted by atomic mass is 79.9. The van der Waals surface area contributed by atoms with Crippen molar-refractivity contribution in [2.75, 3.05) is 0 Å². The lowest BCUT2D eigenvalue weighted by Gasteiger charge is -2.01. The third-order valence-corrected chi connectivity index (χ3v) is 2.86. The van der Waals surface area contributed by atoms with E-state index in [1.807, 2.05) is 0 Å². The summed E-state index contributed by atoms with van der Waals surface area (Å²) in [6.07, 6.45) is 3.84. The van der Waals surface area contributed by atoms with Crippen molar-refractivity contribution in [1.29, 1.82) is 0 Å². The number of hydrogen-bond acceptors (Lipinski definition) is 2. The Kier molecular flexibility index (Phi) is 7.85. The van der Waals surface area contributed by atoms with Gasteiger partial charge in [0.2, 0.25) is 0 Å². The Morgan fingerprint density at radius 3 is 2.19 bits per heavy atom. The molecule has 0 saturated heterocycles.